The van der Waals surface area contributed by atoms with E-state index in [1.165, 1.54) is 6.92 Å². The number of ether oxygens (including phenoxy) is 1. The van der Waals surface area contributed by atoms with E-state index >= 15 is 0 Å². The van der Waals surface area contributed by atoms with Crippen LogP contribution in [0.4, 0.5) is 4.79 Å². The molecule has 4 aromatic rings. The molecule has 2 atom stereocenters. The van der Waals surface area contributed by atoms with Gasteiger partial charge in [0.2, 0.25) is 0 Å². The third-order valence-corrected chi connectivity index (χ3v) is 6.85. The highest BCUT2D eigenvalue weighted by Crippen LogP contribution is 2.34. The number of esters is 1. The molecule has 0 aliphatic carbocycles. The summed E-state index contributed by atoms with van der Waals surface area (Å²) in [6.07, 6.45) is 1.62. The summed E-state index contributed by atoms with van der Waals surface area (Å²) in [6.45, 7) is 2.14. The number of nitrogens with zero attached hydrogens (tertiary/aromatic N) is 4. The van der Waals surface area contributed by atoms with Crippen molar-refractivity contribution >= 4 is 23.6 Å². The summed E-state index contributed by atoms with van der Waals surface area (Å²) in [5.74, 6) is 0.241. The number of amides is 2. The van der Waals surface area contributed by atoms with E-state index < -0.39 is 12.1 Å². The molecule has 2 unspecified atom stereocenters. The van der Waals surface area contributed by atoms with E-state index in [0.717, 1.165) is 16.7 Å². The lowest BCUT2D eigenvalue weighted by Crippen LogP contribution is -2.43. The fourth-order valence-electron chi connectivity index (χ4n) is 4.87. The topological polar surface area (TPSA) is 89.3 Å². The first-order valence-corrected chi connectivity index (χ1v) is 12.8. The predicted octanol–water partition coefficient (Wildman–Crippen LogP) is 5.16. The van der Waals surface area contributed by atoms with Gasteiger partial charge < -0.3 is 19.5 Å². The van der Waals surface area contributed by atoms with Gasteiger partial charge in [-0.2, -0.15) is 0 Å². The van der Waals surface area contributed by atoms with Crippen LogP contribution in [-0.4, -0.2) is 44.3 Å². The standard InChI is InChI=1S/C29H28ClN5O3/c1-20(36)38-25-16-26(28-33-31-19-34(28)17-21-12-14-24(30)15-13-21)35(18-25)29(37)32-27(22-8-4-2-5-9-22)23-10-6-3-7-11-23/h2-15,19,25-27H,16-18H2,1H3,(H,32,37). The number of hydrogen-bond acceptors (Lipinski definition) is 5. The van der Waals surface area contributed by atoms with Gasteiger partial charge in [-0.3, -0.25) is 4.79 Å². The van der Waals surface area contributed by atoms with Gasteiger partial charge in [-0.05, 0) is 28.8 Å². The van der Waals surface area contributed by atoms with Crippen LogP contribution < -0.4 is 5.32 Å². The van der Waals surface area contributed by atoms with Crippen molar-refractivity contribution in [2.45, 2.75) is 38.1 Å². The van der Waals surface area contributed by atoms with E-state index in [1.807, 2.05) is 89.5 Å². The zero-order valence-corrected chi connectivity index (χ0v) is 21.7. The number of benzene rings is 3. The van der Waals surface area contributed by atoms with Crippen LogP contribution in [0.5, 0.6) is 0 Å². The maximum Gasteiger partial charge on any atom is 0.318 e. The average molecular weight is 530 g/mol. The largest absolute Gasteiger partial charge is 0.461 e. The van der Waals surface area contributed by atoms with Crippen LogP contribution in [0.1, 0.15) is 47.9 Å². The molecule has 1 saturated heterocycles. The second kappa shape index (κ2) is 11.5. The van der Waals surface area contributed by atoms with Crippen LogP contribution in [0.2, 0.25) is 5.02 Å². The number of hydrogen-bond donors (Lipinski definition) is 1. The summed E-state index contributed by atoms with van der Waals surface area (Å²) in [7, 11) is 0. The van der Waals surface area contributed by atoms with Crippen LogP contribution in [0.25, 0.3) is 0 Å². The number of halogens is 1. The second-order valence-electron chi connectivity index (χ2n) is 9.28. The summed E-state index contributed by atoms with van der Waals surface area (Å²) in [5.41, 5.74) is 2.95. The molecule has 9 heteroatoms. The van der Waals surface area contributed by atoms with Crippen LogP contribution in [-0.2, 0) is 16.1 Å². The number of aromatic nitrogens is 3. The molecule has 1 fully saturated rings. The van der Waals surface area contributed by atoms with Gasteiger partial charge in [-0.1, -0.05) is 84.4 Å². The van der Waals surface area contributed by atoms with Crippen molar-refractivity contribution < 1.29 is 14.3 Å². The molecule has 1 aliphatic heterocycles. The van der Waals surface area contributed by atoms with Gasteiger partial charge in [0.05, 0.1) is 25.2 Å². The van der Waals surface area contributed by atoms with Crippen LogP contribution in [0.15, 0.2) is 91.3 Å². The summed E-state index contributed by atoms with van der Waals surface area (Å²) >= 11 is 6.05. The lowest BCUT2D eigenvalue weighted by molar-refractivity contribution is -0.145. The Hall–Kier alpha value is -4.17. The first kappa shape index (κ1) is 25.5. The minimum absolute atomic E-state index is 0.250. The Morgan fingerprint density at radius 2 is 1.63 bits per heavy atom. The average Bonchev–Trinajstić information content (AvgIpc) is 3.56. The van der Waals surface area contributed by atoms with Gasteiger partial charge >= 0.3 is 12.0 Å². The fraction of sp³-hybridized carbons (Fsp3) is 0.241. The molecular weight excluding hydrogens is 502 g/mol. The quantitative estimate of drug-likeness (QED) is 0.334. The number of carbonyl (C=O) groups is 2. The van der Waals surface area contributed by atoms with Crippen molar-refractivity contribution in [3.8, 4) is 0 Å². The Morgan fingerprint density at radius 3 is 2.24 bits per heavy atom. The summed E-state index contributed by atoms with van der Waals surface area (Å²) in [4.78, 5) is 27.3. The van der Waals surface area contributed by atoms with Gasteiger partial charge in [-0.15, -0.1) is 10.2 Å². The van der Waals surface area contributed by atoms with Gasteiger partial charge in [-0.25, -0.2) is 4.79 Å². The second-order valence-corrected chi connectivity index (χ2v) is 9.72. The van der Waals surface area contributed by atoms with Crippen molar-refractivity contribution in [1.82, 2.24) is 25.0 Å². The molecule has 2 heterocycles. The number of rotatable bonds is 7. The Kier molecular flexibility index (Phi) is 7.70. The van der Waals surface area contributed by atoms with E-state index in [4.69, 9.17) is 16.3 Å². The molecule has 38 heavy (non-hydrogen) atoms. The Bertz CT molecular complexity index is 1340. The number of likely N-dealkylation sites (tertiary alicyclic amines) is 1. The first-order chi connectivity index (χ1) is 18.5. The van der Waals surface area contributed by atoms with Crippen molar-refractivity contribution in [3.63, 3.8) is 0 Å². The molecule has 2 amide bonds. The number of nitrogens with one attached hydrogen (secondary N) is 1. The molecule has 194 valence electrons. The van der Waals surface area contributed by atoms with Crippen molar-refractivity contribution in [2.75, 3.05) is 6.54 Å². The fourth-order valence-corrected chi connectivity index (χ4v) is 5.00. The maximum absolute atomic E-state index is 13.8. The Labute approximate surface area is 226 Å². The minimum atomic E-state index is -0.448. The van der Waals surface area contributed by atoms with Gasteiger partial charge in [0.25, 0.3) is 0 Å². The highest BCUT2D eigenvalue weighted by atomic mass is 35.5. The van der Waals surface area contributed by atoms with Crippen LogP contribution in [0.3, 0.4) is 0 Å². The van der Waals surface area contributed by atoms with Gasteiger partial charge in [0.1, 0.15) is 12.4 Å². The third-order valence-electron chi connectivity index (χ3n) is 6.60. The van der Waals surface area contributed by atoms with Gasteiger partial charge in [0.15, 0.2) is 5.82 Å². The lowest BCUT2D eigenvalue weighted by Gasteiger charge is -2.28. The summed E-state index contributed by atoms with van der Waals surface area (Å²) in [6, 6.07) is 26.1. The zero-order valence-electron chi connectivity index (χ0n) is 20.9. The third kappa shape index (κ3) is 5.86. The predicted molar refractivity (Wildman–Crippen MR) is 143 cm³/mol. The molecule has 1 N–H and O–H groups in total. The molecule has 8 nitrogen and oxygen atoms in total. The lowest BCUT2D eigenvalue weighted by atomic mass is 9.99. The van der Waals surface area contributed by atoms with Crippen LogP contribution >= 0.6 is 11.6 Å². The van der Waals surface area contributed by atoms with Crippen molar-refractivity contribution in [3.05, 3.63) is 119 Å². The molecule has 0 spiro atoms. The zero-order chi connectivity index (χ0) is 26.5. The molecule has 0 saturated carbocycles. The molecule has 1 aromatic heterocycles. The van der Waals surface area contributed by atoms with Gasteiger partial charge in [0, 0.05) is 18.4 Å². The Morgan fingerprint density at radius 1 is 1.00 bits per heavy atom. The molecule has 0 radical (unpaired) electrons. The number of carbonyl (C=O) groups excluding carboxylic acids is 2. The highest BCUT2D eigenvalue weighted by Gasteiger charge is 2.41. The van der Waals surface area contributed by atoms with E-state index in [9.17, 15) is 9.59 Å². The Balaban J connectivity index is 1.43. The SMILES string of the molecule is CC(=O)OC1CC(c2nncn2Cc2ccc(Cl)cc2)N(C(=O)NC(c2ccccc2)c2ccccc2)C1. The molecule has 3 aromatic carbocycles. The van der Waals surface area contributed by atoms with E-state index in [1.54, 1.807) is 11.2 Å². The maximum atomic E-state index is 13.8. The number of urea groups is 1. The minimum Gasteiger partial charge on any atom is -0.461 e. The molecular formula is C29H28ClN5O3. The van der Waals surface area contributed by atoms with E-state index in [-0.39, 0.29) is 24.6 Å². The van der Waals surface area contributed by atoms with E-state index in [0.29, 0.717) is 23.8 Å². The van der Waals surface area contributed by atoms with Crippen LogP contribution in [0, 0.1) is 0 Å². The highest BCUT2D eigenvalue weighted by molar-refractivity contribution is 6.30. The first-order valence-electron chi connectivity index (χ1n) is 12.4. The molecule has 5 rings (SSSR count). The van der Waals surface area contributed by atoms with Crippen molar-refractivity contribution in [2.24, 2.45) is 0 Å². The summed E-state index contributed by atoms with van der Waals surface area (Å²) in [5, 5.41) is 12.4. The monoisotopic (exact) mass is 529 g/mol. The smallest absolute Gasteiger partial charge is 0.318 e. The normalized spacial score (nSPS) is 17.0. The molecule has 0 bridgehead atoms. The molecule has 1 aliphatic rings. The van der Waals surface area contributed by atoms with E-state index in [2.05, 4.69) is 15.5 Å². The van der Waals surface area contributed by atoms with Crippen molar-refractivity contribution in [1.29, 1.82) is 0 Å². The summed E-state index contributed by atoms with van der Waals surface area (Å²) < 4.78 is 7.45.